The molecule has 0 saturated carbocycles. The Morgan fingerprint density at radius 3 is 2.74 bits per heavy atom. The number of hydrogen-bond acceptors (Lipinski definition) is 4. The molecule has 1 unspecified atom stereocenters. The van der Waals surface area contributed by atoms with E-state index >= 15 is 0 Å². The first-order valence-corrected chi connectivity index (χ1v) is 10.2. The maximum absolute atomic E-state index is 14.2. The highest BCUT2D eigenvalue weighted by Crippen LogP contribution is 2.32. The van der Waals surface area contributed by atoms with Crippen LogP contribution in [0.2, 0.25) is 0 Å². The molecule has 2 aromatic heterocycles. The Labute approximate surface area is 162 Å². The fourth-order valence-electron chi connectivity index (χ4n) is 3.89. The van der Waals surface area contributed by atoms with E-state index < -0.39 is 6.10 Å². The molecular weight excluding hydrogens is 361 g/mol. The number of nitrogens with zero attached hydrogens (tertiary/aromatic N) is 3. The number of piperidine rings is 1. The fourth-order valence-corrected chi connectivity index (χ4v) is 4.64. The smallest absolute Gasteiger partial charge is 0.131 e. The lowest BCUT2D eigenvalue weighted by atomic mass is 9.89. The molecular formula is C21H24FN3OS. The quantitative estimate of drug-likeness (QED) is 0.714. The Morgan fingerprint density at radius 1 is 1.26 bits per heavy atom. The summed E-state index contributed by atoms with van der Waals surface area (Å²) in [6, 6.07) is 11.2. The molecule has 0 bridgehead atoms. The highest BCUT2D eigenvalue weighted by atomic mass is 32.1. The van der Waals surface area contributed by atoms with E-state index in [0.29, 0.717) is 5.56 Å². The molecule has 3 heterocycles. The SMILES string of the molecule is Cn1nccc1C(O)C1CCN(Cc2ccc(F)c(-c3cccs3)c2)CC1. The van der Waals surface area contributed by atoms with Crippen LogP contribution in [0.15, 0.2) is 48.0 Å². The lowest BCUT2D eigenvalue weighted by Gasteiger charge is -2.34. The largest absolute Gasteiger partial charge is 0.387 e. The molecule has 4 nitrogen and oxygen atoms in total. The van der Waals surface area contributed by atoms with Crippen LogP contribution in [-0.4, -0.2) is 32.9 Å². The van der Waals surface area contributed by atoms with Gasteiger partial charge in [-0.1, -0.05) is 12.1 Å². The van der Waals surface area contributed by atoms with Crippen LogP contribution in [0.3, 0.4) is 0 Å². The lowest BCUT2D eigenvalue weighted by molar-refractivity contribution is 0.0515. The van der Waals surface area contributed by atoms with Gasteiger partial charge in [0.15, 0.2) is 0 Å². The molecule has 6 heteroatoms. The first kappa shape index (κ1) is 18.3. The van der Waals surface area contributed by atoms with Crippen LogP contribution in [0.4, 0.5) is 4.39 Å². The van der Waals surface area contributed by atoms with Crippen LogP contribution in [0.25, 0.3) is 10.4 Å². The minimum Gasteiger partial charge on any atom is -0.387 e. The average Bonchev–Trinajstić information content (AvgIpc) is 3.35. The summed E-state index contributed by atoms with van der Waals surface area (Å²) in [5.41, 5.74) is 2.70. The minimum absolute atomic E-state index is 0.167. The number of aryl methyl sites for hydroxylation is 1. The lowest BCUT2D eigenvalue weighted by Crippen LogP contribution is -2.35. The van der Waals surface area contributed by atoms with Gasteiger partial charge in [0.05, 0.1) is 11.8 Å². The third-order valence-electron chi connectivity index (χ3n) is 5.46. The van der Waals surface area contributed by atoms with Crippen LogP contribution in [-0.2, 0) is 13.6 Å². The number of aromatic nitrogens is 2. The van der Waals surface area contributed by atoms with Crippen molar-refractivity contribution in [1.82, 2.24) is 14.7 Å². The highest BCUT2D eigenvalue weighted by molar-refractivity contribution is 7.13. The van der Waals surface area contributed by atoms with Crippen LogP contribution in [0.1, 0.15) is 30.2 Å². The molecule has 1 fully saturated rings. The summed E-state index contributed by atoms with van der Waals surface area (Å²) in [6.07, 6.45) is 3.17. The third-order valence-corrected chi connectivity index (χ3v) is 6.37. The number of thiophene rings is 1. The van der Waals surface area contributed by atoms with E-state index in [1.54, 1.807) is 28.3 Å². The van der Waals surface area contributed by atoms with E-state index in [0.717, 1.165) is 48.6 Å². The van der Waals surface area contributed by atoms with Gasteiger partial charge < -0.3 is 5.11 Å². The molecule has 3 aromatic rings. The first-order valence-electron chi connectivity index (χ1n) is 9.32. The molecule has 4 rings (SSSR count). The summed E-state index contributed by atoms with van der Waals surface area (Å²) >= 11 is 1.56. The first-order chi connectivity index (χ1) is 13.1. The predicted molar refractivity (Wildman–Crippen MR) is 106 cm³/mol. The highest BCUT2D eigenvalue weighted by Gasteiger charge is 2.27. The molecule has 0 radical (unpaired) electrons. The van der Waals surface area contributed by atoms with Crippen LogP contribution < -0.4 is 0 Å². The van der Waals surface area contributed by atoms with Crippen molar-refractivity contribution in [2.75, 3.05) is 13.1 Å². The van der Waals surface area contributed by atoms with E-state index in [2.05, 4.69) is 10.00 Å². The number of halogens is 1. The van der Waals surface area contributed by atoms with Crippen molar-refractivity contribution in [2.45, 2.75) is 25.5 Å². The van der Waals surface area contributed by atoms with E-state index in [9.17, 15) is 9.50 Å². The monoisotopic (exact) mass is 385 g/mol. The molecule has 1 atom stereocenters. The van der Waals surface area contributed by atoms with Gasteiger partial charge in [0.1, 0.15) is 5.82 Å². The summed E-state index contributed by atoms with van der Waals surface area (Å²) in [7, 11) is 1.87. The summed E-state index contributed by atoms with van der Waals surface area (Å²) in [4.78, 5) is 3.35. The van der Waals surface area contributed by atoms with Gasteiger partial charge in [0, 0.05) is 30.2 Å². The normalized spacial score (nSPS) is 17.3. The second-order valence-corrected chi connectivity index (χ2v) is 8.18. The minimum atomic E-state index is -0.462. The van der Waals surface area contributed by atoms with Crippen molar-refractivity contribution >= 4 is 11.3 Å². The molecule has 142 valence electrons. The number of rotatable bonds is 5. The molecule has 1 aliphatic rings. The topological polar surface area (TPSA) is 41.3 Å². The maximum Gasteiger partial charge on any atom is 0.131 e. The predicted octanol–water partition coefficient (Wildman–Crippen LogP) is 4.23. The Bertz CT molecular complexity index is 885. The maximum atomic E-state index is 14.2. The molecule has 1 saturated heterocycles. The summed E-state index contributed by atoms with van der Waals surface area (Å²) in [6.45, 7) is 2.68. The van der Waals surface area contributed by atoms with Crippen LogP contribution >= 0.6 is 11.3 Å². The van der Waals surface area contributed by atoms with Gasteiger partial charge in [-0.15, -0.1) is 11.3 Å². The molecule has 1 N–H and O–H groups in total. The second kappa shape index (κ2) is 7.92. The number of aliphatic hydroxyl groups excluding tert-OH is 1. The Morgan fingerprint density at radius 2 is 2.07 bits per heavy atom. The molecule has 1 aliphatic heterocycles. The fraction of sp³-hybridized carbons (Fsp3) is 0.381. The van der Waals surface area contributed by atoms with Gasteiger partial charge in [0.2, 0.25) is 0 Å². The van der Waals surface area contributed by atoms with Crippen molar-refractivity contribution in [2.24, 2.45) is 13.0 Å². The Hall–Kier alpha value is -2.02. The second-order valence-electron chi connectivity index (χ2n) is 7.23. The molecule has 0 aliphatic carbocycles. The molecule has 0 amide bonds. The van der Waals surface area contributed by atoms with E-state index in [1.807, 2.05) is 42.8 Å². The Balaban J connectivity index is 1.38. The Kier molecular flexibility index (Phi) is 5.38. The summed E-state index contributed by atoms with van der Waals surface area (Å²) in [5.74, 6) is 0.0887. The van der Waals surface area contributed by atoms with E-state index in [-0.39, 0.29) is 11.7 Å². The van der Waals surface area contributed by atoms with Crippen molar-refractivity contribution < 1.29 is 9.50 Å². The molecule has 27 heavy (non-hydrogen) atoms. The number of likely N-dealkylation sites (tertiary alicyclic amines) is 1. The van der Waals surface area contributed by atoms with Gasteiger partial charge in [-0.25, -0.2) is 4.39 Å². The zero-order valence-corrected chi connectivity index (χ0v) is 16.2. The van der Waals surface area contributed by atoms with Gasteiger partial charge in [-0.2, -0.15) is 5.10 Å². The number of benzene rings is 1. The van der Waals surface area contributed by atoms with Crippen molar-refractivity contribution in [3.05, 3.63) is 65.0 Å². The molecule has 1 aromatic carbocycles. The van der Waals surface area contributed by atoms with Crippen molar-refractivity contribution in [3.8, 4) is 10.4 Å². The summed E-state index contributed by atoms with van der Waals surface area (Å²) < 4.78 is 15.9. The van der Waals surface area contributed by atoms with Crippen LogP contribution in [0.5, 0.6) is 0 Å². The van der Waals surface area contributed by atoms with Gasteiger partial charge in [-0.05, 0) is 67.1 Å². The van der Waals surface area contributed by atoms with Gasteiger partial charge in [0.25, 0.3) is 0 Å². The zero-order chi connectivity index (χ0) is 18.8. The third kappa shape index (κ3) is 3.98. The number of hydrogen-bond donors (Lipinski definition) is 1. The van der Waals surface area contributed by atoms with Gasteiger partial charge in [-0.3, -0.25) is 9.58 Å². The zero-order valence-electron chi connectivity index (χ0n) is 15.4. The number of aliphatic hydroxyl groups is 1. The van der Waals surface area contributed by atoms with Gasteiger partial charge >= 0.3 is 0 Å². The average molecular weight is 386 g/mol. The standard InChI is InChI=1S/C21H24FN3OS/c1-24-19(6-9-23-24)21(26)16-7-10-25(11-8-16)14-15-4-5-18(22)17(13-15)20-3-2-12-27-20/h2-6,9,12-13,16,21,26H,7-8,10-11,14H2,1H3. The van der Waals surface area contributed by atoms with Crippen molar-refractivity contribution in [1.29, 1.82) is 0 Å². The summed E-state index contributed by atoms with van der Waals surface area (Å²) in [5, 5.41) is 16.8. The van der Waals surface area contributed by atoms with E-state index in [4.69, 9.17) is 0 Å². The van der Waals surface area contributed by atoms with Crippen molar-refractivity contribution in [3.63, 3.8) is 0 Å². The van der Waals surface area contributed by atoms with E-state index in [1.165, 1.54) is 0 Å². The van der Waals surface area contributed by atoms with Crippen LogP contribution in [0, 0.1) is 11.7 Å². The molecule has 0 spiro atoms.